The quantitative estimate of drug-likeness (QED) is 0.756. The maximum Gasteiger partial charge on any atom is 0.273 e. The number of carbonyl (C=O) groups is 1. The molecule has 3 aromatic rings. The summed E-state index contributed by atoms with van der Waals surface area (Å²) in [7, 11) is 1.64. The molecule has 1 N–H and O–H groups in total. The predicted molar refractivity (Wildman–Crippen MR) is 91.0 cm³/mol. The van der Waals surface area contributed by atoms with Crippen LogP contribution in [0.4, 0.5) is 0 Å². The minimum Gasteiger partial charge on any atom is -0.497 e. The van der Waals surface area contributed by atoms with Crippen LogP contribution < -0.4 is 10.1 Å². The van der Waals surface area contributed by atoms with Crippen molar-refractivity contribution in [3.63, 3.8) is 0 Å². The molecule has 0 aliphatic heterocycles. The van der Waals surface area contributed by atoms with Crippen molar-refractivity contribution >= 4 is 5.91 Å². The Bertz CT molecular complexity index is 812. The maximum absolute atomic E-state index is 12.4. The Morgan fingerprint density at radius 1 is 1.17 bits per heavy atom. The molecule has 0 radical (unpaired) electrons. The minimum absolute atomic E-state index is 0.245. The molecular formula is C19H18N2O3. The van der Waals surface area contributed by atoms with Gasteiger partial charge in [0.05, 0.1) is 7.11 Å². The van der Waals surface area contributed by atoms with E-state index in [4.69, 9.17) is 9.15 Å². The number of hydrogen-bond donors (Lipinski definition) is 1. The van der Waals surface area contributed by atoms with E-state index in [9.17, 15) is 4.79 Å². The van der Waals surface area contributed by atoms with E-state index in [1.165, 1.54) is 6.39 Å². The topological polar surface area (TPSA) is 64.4 Å². The number of nitrogens with one attached hydrogen (secondary N) is 1. The number of hydrogen-bond acceptors (Lipinski definition) is 4. The smallest absolute Gasteiger partial charge is 0.273 e. The molecule has 0 bridgehead atoms. The maximum atomic E-state index is 12.4. The van der Waals surface area contributed by atoms with Crippen molar-refractivity contribution in [2.75, 3.05) is 13.7 Å². The van der Waals surface area contributed by atoms with Gasteiger partial charge in [-0.3, -0.25) is 4.79 Å². The molecule has 0 saturated carbocycles. The van der Waals surface area contributed by atoms with Crippen LogP contribution in [0.25, 0.3) is 11.3 Å². The third kappa shape index (κ3) is 3.63. The van der Waals surface area contributed by atoms with E-state index in [2.05, 4.69) is 10.3 Å². The number of benzene rings is 2. The van der Waals surface area contributed by atoms with Crippen molar-refractivity contribution in [3.05, 3.63) is 72.2 Å². The lowest BCUT2D eigenvalue weighted by atomic mass is 10.1. The summed E-state index contributed by atoms with van der Waals surface area (Å²) in [4.78, 5) is 16.4. The van der Waals surface area contributed by atoms with Gasteiger partial charge >= 0.3 is 0 Å². The van der Waals surface area contributed by atoms with Gasteiger partial charge in [0.1, 0.15) is 5.75 Å². The Morgan fingerprint density at radius 2 is 2.00 bits per heavy atom. The zero-order chi connectivity index (χ0) is 16.8. The number of methoxy groups -OCH3 is 1. The summed E-state index contributed by atoms with van der Waals surface area (Å²) in [5, 5.41) is 2.88. The highest BCUT2D eigenvalue weighted by Crippen LogP contribution is 2.22. The Kier molecular flexibility index (Phi) is 4.91. The van der Waals surface area contributed by atoms with Crippen LogP contribution in [-0.2, 0) is 6.42 Å². The zero-order valence-electron chi connectivity index (χ0n) is 13.4. The van der Waals surface area contributed by atoms with Crippen LogP contribution >= 0.6 is 0 Å². The molecule has 5 heteroatoms. The van der Waals surface area contributed by atoms with Gasteiger partial charge in [-0.1, -0.05) is 42.5 Å². The molecule has 0 aliphatic carbocycles. The van der Waals surface area contributed by atoms with Gasteiger partial charge in [0, 0.05) is 12.1 Å². The fourth-order valence-electron chi connectivity index (χ4n) is 2.43. The first-order valence-electron chi connectivity index (χ1n) is 7.68. The highest BCUT2D eigenvalue weighted by Gasteiger charge is 2.17. The summed E-state index contributed by atoms with van der Waals surface area (Å²) >= 11 is 0. The molecule has 1 amide bonds. The SMILES string of the molecule is COc1cccc(CCNC(=O)c2ncoc2-c2ccccc2)c1. The Labute approximate surface area is 140 Å². The van der Waals surface area contributed by atoms with Crippen LogP contribution in [-0.4, -0.2) is 24.5 Å². The molecule has 0 fully saturated rings. The standard InChI is InChI=1S/C19H18N2O3/c1-23-16-9-5-6-14(12-16)10-11-20-19(22)17-18(24-13-21-17)15-7-3-2-4-8-15/h2-9,12-13H,10-11H2,1H3,(H,20,22). The second kappa shape index (κ2) is 7.46. The number of carbonyl (C=O) groups excluding carboxylic acids is 1. The summed E-state index contributed by atoms with van der Waals surface area (Å²) in [5.74, 6) is 1.04. The molecule has 0 aliphatic rings. The van der Waals surface area contributed by atoms with Gasteiger partial charge in [0.15, 0.2) is 17.8 Å². The number of rotatable bonds is 6. The second-order valence-corrected chi connectivity index (χ2v) is 5.25. The summed E-state index contributed by atoms with van der Waals surface area (Å²) in [5.41, 5.74) is 2.22. The molecule has 3 rings (SSSR count). The summed E-state index contributed by atoms with van der Waals surface area (Å²) in [6.07, 6.45) is 2.00. The lowest BCUT2D eigenvalue weighted by molar-refractivity contribution is 0.0950. The monoisotopic (exact) mass is 322 g/mol. The Hall–Kier alpha value is -3.08. The van der Waals surface area contributed by atoms with Crippen LogP contribution in [0, 0.1) is 0 Å². The van der Waals surface area contributed by atoms with Crippen LogP contribution in [0.5, 0.6) is 5.75 Å². The molecule has 0 unspecified atom stereocenters. The van der Waals surface area contributed by atoms with E-state index in [0.717, 1.165) is 16.9 Å². The van der Waals surface area contributed by atoms with Crippen molar-refractivity contribution in [1.82, 2.24) is 10.3 Å². The van der Waals surface area contributed by atoms with Crippen molar-refractivity contribution in [2.45, 2.75) is 6.42 Å². The van der Waals surface area contributed by atoms with Gasteiger partial charge in [0.25, 0.3) is 5.91 Å². The lowest BCUT2D eigenvalue weighted by Crippen LogP contribution is -2.26. The fraction of sp³-hybridized carbons (Fsp3) is 0.158. The fourth-order valence-corrected chi connectivity index (χ4v) is 2.43. The molecule has 2 aromatic carbocycles. The normalized spacial score (nSPS) is 10.4. The van der Waals surface area contributed by atoms with Crippen LogP contribution in [0.1, 0.15) is 16.1 Å². The van der Waals surface area contributed by atoms with E-state index < -0.39 is 0 Å². The summed E-state index contributed by atoms with van der Waals surface area (Å²) < 4.78 is 10.6. The number of aromatic nitrogens is 1. The highest BCUT2D eigenvalue weighted by atomic mass is 16.5. The molecule has 122 valence electrons. The molecule has 0 saturated heterocycles. The number of oxazole rings is 1. The van der Waals surface area contributed by atoms with Crippen LogP contribution in [0.3, 0.4) is 0 Å². The number of ether oxygens (including phenoxy) is 1. The Balaban J connectivity index is 1.63. The number of nitrogens with zero attached hydrogens (tertiary/aromatic N) is 1. The zero-order valence-corrected chi connectivity index (χ0v) is 13.4. The first-order valence-corrected chi connectivity index (χ1v) is 7.68. The minimum atomic E-state index is -0.245. The van der Waals surface area contributed by atoms with Crippen molar-refractivity contribution < 1.29 is 13.9 Å². The third-order valence-corrected chi connectivity index (χ3v) is 3.65. The number of amides is 1. The first-order chi connectivity index (χ1) is 11.8. The van der Waals surface area contributed by atoms with Crippen molar-refractivity contribution in [2.24, 2.45) is 0 Å². The van der Waals surface area contributed by atoms with E-state index in [-0.39, 0.29) is 5.91 Å². The predicted octanol–water partition coefficient (Wildman–Crippen LogP) is 3.32. The van der Waals surface area contributed by atoms with E-state index in [1.807, 2.05) is 54.6 Å². The van der Waals surface area contributed by atoms with Crippen LogP contribution in [0.2, 0.25) is 0 Å². The average Bonchev–Trinajstić information content (AvgIpc) is 3.12. The van der Waals surface area contributed by atoms with E-state index >= 15 is 0 Å². The van der Waals surface area contributed by atoms with Gasteiger partial charge in [0.2, 0.25) is 0 Å². The van der Waals surface area contributed by atoms with Crippen molar-refractivity contribution in [3.8, 4) is 17.1 Å². The van der Waals surface area contributed by atoms with Gasteiger partial charge in [-0.05, 0) is 24.1 Å². The average molecular weight is 322 g/mol. The molecule has 24 heavy (non-hydrogen) atoms. The van der Waals surface area contributed by atoms with Crippen LogP contribution in [0.15, 0.2) is 65.4 Å². The summed E-state index contributed by atoms with van der Waals surface area (Å²) in [6, 6.07) is 17.2. The summed E-state index contributed by atoms with van der Waals surface area (Å²) in [6.45, 7) is 0.507. The van der Waals surface area contributed by atoms with Gasteiger partial charge < -0.3 is 14.5 Å². The Morgan fingerprint density at radius 3 is 2.79 bits per heavy atom. The molecule has 5 nitrogen and oxygen atoms in total. The van der Waals surface area contributed by atoms with E-state index in [1.54, 1.807) is 7.11 Å². The van der Waals surface area contributed by atoms with Crippen molar-refractivity contribution in [1.29, 1.82) is 0 Å². The lowest BCUT2D eigenvalue weighted by Gasteiger charge is -2.06. The molecule has 0 spiro atoms. The van der Waals surface area contributed by atoms with Gasteiger partial charge in [-0.15, -0.1) is 0 Å². The largest absolute Gasteiger partial charge is 0.497 e. The second-order valence-electron chi connectivity index (χ2n) is 5.25. The molecule has 1 aromatic heterocycles. The van der Waals surface area contributed by atoms with E-state index in [0.29, 0.717) is 24.4 Å². The third-order valence-electron chi connectivity index (χ3n) is 3.65. The molecule has 1 heterocycles. The highest BCUT2D eigenvalue weighted by molar-refractivity contribution is 5.97. The van der Waals surface area contributed by atoms with Gasteiger partial charge in [-0.2, -0.15) is 0 Å². The first kappa shape index (κ1) is 15.8. The van der Waals surface area contributed by atoms with Gasteiger partial charge in [-0.25, -0.2) is 4.98 Å². The molecular weight excluding hydrogens is 304 g/mol. The molecule has 0 atom stereocenters.